The topological polar surface area (TPSA) is 17.4 Å². The number of likely N-dealkylation sites (N-methyl/N-ethyl adjacent to an activating group) is 1. The molecule has 0 bridgehead atoms. The number of benzene rings is 2. The number of hydrogen-bond acceptors (Lipinski definition) is 2. The van der Waals surface area contributed by atoms with E-state index in [1.165, 1.54) is 6.07 Å². The second kappa shape index (κ2) is 7.05. The Kier molecular flexibility index (Phi) is 4.86. The molecule has 0 spiro atoms. The lowest BCUT2D eigenvalue weighted by Gasteiger charge is -2.12. The molecule has 4 heteroatoms. The molecule has 0 atom stereocenters. The molecule has 0 unspecified atom stereocenters. The summed E-state index contributed by atoms with van der Waals surface area (Å²) in [7, 11) is 6.07. The number of halogens is 1. The Bertz CT molecular complexity index is 825. The SMILES string of the molecule is CN(C)CCc1cn(C)c2ccc(F)c(OCc3ccccc3)c12. The number of rotatable bonds is 6. The third-order valence-corrected chi connectivity index (χ3v) is 4.19. The zero-order valence-electron chi connectivity index (χ0n) is 14.4. The van der Waals surface area contributed by atoms with E-state index < -0.39 is 0 Å². The molecule has 0 aliphatic heterocycles. The number of aromatic nitrogens is 1. The van der Waals surface area contributed by atoms with Gasteiger partial charge in [-0.3, -0.25) is 0 Å². The zero-order chi connectivity index (χ0) is 17.1. The summed E-state index contributed by atoms with van der Waals surface area (Å²) < 4.78 is 22.4. The van der Waals surface area contributed by atoms with Crippen molar-refractivity contribution in [3.05, 3.63) is 65.6 Å². The lowest BCUT2D eigenvalue weighted by atomic mass is 10.1. The minimum absolute atomic E-state index is 0.310. The Balaban J connectivity index is 1.97. The standard InChI is InChI=1S/C20H23FN2O/c1-22(2)12-11-16-13-23(3)18-10-9-17(21)20(19(16)18)24-14-15-7-5-4-6-8-15/h4-10,13H,11-12,14H2,1-3H3. The normalized spacial score (nSPS) is 11.4. The molecule has 0 fully saturated rings. The number of fused-ring (bicyclic) bond motifs is 1. The molecule has 2 aromatic carbocycles. The van der Waals surface area contributed by atoms with Gasteiger partial charge in [-0.15, -0.1) is 0 Å². The third kappa shape index (κ3) is 3.44. The van der Waals surface area contributed by atoms with Gasteiger partial charge < -0.3 is 14.2 Å². The molecular formula is C20H23FN2O. The van der Waals surface area contributed by atoms with Crippen LogP contribution in [0.15, 0.2) is 48.7 Å². The van der Waals surface area contributed by atoms with Crippen LogP contribution < -0.4 is 4.74 Å². The Morgan fingerprint density at radius 3 is 2.54 bits per heavy atom. The lowest BCUT2D eigenvalue weighted by Crippen LogP contribution is -2.15. The average molecular weight is 326 g/mol. The molecule has 3 nitrogen and oxygen atoms in total. The van der Waals surface area contributed by atoms with E-state index in [9.17, 15) is 4.39 Å². The highest BCUT2D eigenvalue weighted by Gasteiger charge is 2.16. The fourth-order valence-electron chi connectivity index (χ4n) is 2.92. The minimum Gasteiger partial charge on any atom is -0.485 e. The molecule has 0 radical (unpaired) electrons. The number of aryl methyl sites for hydroxylation is 1. The Morgan fingerprint density at radius 1 is 1.08 bits per heavy atom. The van der Waals surface area contributed by atoms with E-state index in [2.05, 4.69) is 11.1 Å². The molecule has 0 aliphatic carbocycles. The summed E-state index contributed by atoms with van der Waals surface area (Å²) in [5.74, 6) is 0.0430. The average Bonchev–Trinajstić information content (AvgIpc) is 2.89. The smallest absolute Gasteiger partial charge is 0.165 e. The Labute approximate surface area is 142 Å². The largest absolute Gasteiger partial charge is 0.485 e. The van der Waals surface area contributed by atoms with Crippen molar-refractivity contribution in [2.45, 2.75) is 13.0 Å². The van der Waals surface area contributed by atoms with Crippen LogP contribution in [0.4, 0.5) is 4.39 Å². The van der Waals surface area contributed by atoms with Crippen LogP contribution in [0.1, 0.15) is 11.1 Å². The Morgan fingerprint density at radius 2 is 1.83 bits per heavy atom. The van der Waals surface area contributed by atoms with Gasteiger partial charge in [0, 0.05) is 25.2 Å². The summed E-state index contributed by atoms with van der Waals surface area (Å²) in [5, 5.41) is 0.885. The summed E-state index contributed by atoms with van der Waals surface area (Å²) in [5.41, 5.74) is 3.14. The van der Waals surface area contributed by atoms with E-state index in [4.69, 9.17) is 4.74 Å². The molecule has 1 aromatic heterocycles. The third-order valence-electron chi connectivity index (χ3n) is 4.19. The fraction of sp³-hybridized carbons (Fsp3) is 0.300. The molecule has 0 aliphatic rings. The Hall–Kier alpha value is -2.33. The van der Waals surface area contributed by atoms with Crippen molar-refractivity contribution in [2.75, 3.05) is 20.6 Å². The minimum atomic E-state index is -0.310. The lowest BCUT2D eigenvalue weighted by molar-refractivity contribution is 0.294. The molecule has 3 aromatic rings. The van der Waals surface area contributed by atoms with Crippen molar-refractivity contribution < 1.29 is 9.13 Å². The highest BCUT2D eigenvalue weighted by atomic mass is 19.1. The molecule has 3 rings (SSSR count). The molecule has 0 saturated carbocycles. The first kappa shape index (κ1) is 16.5. The molecule has 0 N–H and O–H groups in total. The maximum atomic E-state index is 14.5. The van der Waals surface area contributed by atoms with Crippen LogP contribution in [0, 0.1) is 5.82 Å². The van der Waals surface area contributed by atoms with Crippen LogP contribution in [0.25, 0.3) is 10.9 Å². The van der Waals surface area contributed by atoms with Gasteiger partial charge in [-0.1, -0.05) is 30.3 Å². The van der Waals surface area contributed by atoms with E-state index in [0.717, 1.165) is 35.0 Å². The van der Waals surface area contributed by atoms with E-state index in [1.807, 2.05) is 62.1 Å². The van der Waals surface area contributed by atoms with Gasteiger partial charge >= 0.3 is 0 Å². The highest BCUT2D eigenvalue weighted by molar-refractivity contribution is 5.90. The second-order valence-electron chi connectivity index (χ2n) is 6.36. The van der Waals surface area contributed by atoms with Crippen LogP contribution in [-0.4, -0.2) is 30.1 Å². The van der Waals surface area contributed by atoms with Crippen molar-refractivity contribution >= 4 is 10.9 Å². The van der Waals surface area contributed by atoms with E-state index in [-0.39, 0.29) is 5.82 Å². The van der Waals surface area contributed by atoms with E-state index in [0.29, 0.717) is 12.4 Å². The molecule has 24 heavy (non-hydrogen) atoms. The van der Waals surface area contributed by atoms with Crippen LogP contribution >= 0.6 is 0 Å². The summed E-state index contributed by atoms with van der Waals surface area (Å²) in [6, 6.07) is 13.1. The summed E-state index contributed by atoms with van der Waals surface area (Å²) in [6.45, 7) is 1.27. The van der Waals surface area contributed by atoms with Gasteiger partial charge in [0.2, 0.25) is 0 Å². The maximum Gasteiger partial charge on any atom is 0.165 e. The predicted molar refractivity (Wildman–Crippen MR) is 95.9 cm³/mol. The first-order valence-electron chi connectivity index (χ1n) is 8.14. The van der Waals surface area contributed by atoms with Gasteiger partial charge in [0.05, 0.1) is 5.52 Å². The van der Waals surface area contributed by atoms with Gasteiger partial charge in [0.15, 0.2) is 11.6 Å². The van der Waals surface area contributed by atoms with Crippen LogP contribution in [0.3, 0.4) is 0 Å². The molecule has 0 saturated heterocycles. The van der Waals surface area contributed by atoms with E-state index in [1.54, 1.807) is 0 Å². The molecule has 1 heterocycles. The fourth-order valence-corrected chi connectivity index (χ4v) is 2.92. The first-order chi connectivity index (χ1) is 11.6. The van der Waals surface area contributed by atoms with Gasteiger partial charge in [0.1, 0.15) is 6.61 Å². The van der Waals surface area contributed by atoms with Crippen molar-refractivity contribution in [1.82, 2.24) is 9.47 Å². The van der Waals surface area contributed by atoms with Crippen LogP contribution in [0.2, 0.25) is 0 Å². The second-order valence-corrected chi connectivity index (χ2v) is 6.36. The zero-order valence-corrected chi connectivity index (χ0v) is 14.4. The first-order valence-corrected chi connectivity index (χ1v) is 8.14. The van der Waals surface area contributed by atoms with Gasteiger partial charge in [-0.05, 0) is 43.8 Å². The van der Waals surface area contributed by atoms with Crippen LogP contribution in [-0.2, 0) is 20.1 Å². The van der Waals surface area contributed by atoms with Gasteiger partial charge in [0.25, 0.3) is 0 Å². The van der Waals surface area contributed by atoms with Crippen molar-refractivity contribution in [3.63, 3.8) is 0 Å². The number of nitrogens with zero attached hydrogens (tertiary/aromatic N) is 2. The van der Waals surface area contributed by atoms with E-state index >= 15 is 0 Å². The molecule has 0 amide bonds. The van der Waals surface area contributed by atoms with Crippen LogP contribution in [0.5, 0.6) is 5.75 Å². The summed E-state index contributed by atoms with van der Waals surface area (Å²) in [6.07, 6.45) is 2.93. The molecular weight excluding hydrogens is 303 g/mol. The van der Waals surface area contributed by atoms with Crippen molar-refractivity contribution in [1.29, 1.82) is 0 Å². The van der Waals surface area contributed by atoms with Crippen molar-refractivity contribution in [3.8, 4) is 5.75 Å². The predicted octanol–water partition coefficient (Wildman–Crippen LogP) is 4.00. The highest BCUT2D eigenvalue weighted by Crippen LogP contribution is 2.33. The summed E-state index contributed by atoms with van der Waals surface area (Å²) in [4.78, 5) is 2.13. The quantitative estimate of drug-likeness (QED) is 0.681. The monoisotopic (exact) mass is 326 g/mol. The number of hydrogen-bond donors (Lipinski definition) is 0. The summed E-state index contributed by atoms with van der Waals surface area (Å²) >= 11 is 0. The number of ether oxygens (including phenoxy) is 1. The van der Waals surface area contributed by atoms with Gasteiger partial charge in [-0.25, -0.2) is 4.39 Å². The van der Waals surface area contributed by atoms with Crippen molar-refractivity contribution in [2.24, 2.45) is 7.05 Å². The maximum absolute atomic E-state index is 14.5. The van der Waals surface area contributed by atoms with Gasteiger partial charge in [-0.2, -0.15) is 0 Å². The molecule has 126 valence electrons.